The Hall–Kier alpha value is -2.55. The second-order valence-electron chi connectivity index (χ2n) is 11.4. The van der Waals surface area contributed by atoms with Crippen molar-refractivity contribution in [3.63, 3.8) is 0 Å². The summed E-state index contributed by atoms with van der Waals surface area (Å²) in [6.07, 6.45) is 21.3. The van der Waals surface area contributed by atoms with E-state index in [1.807, 2.05) is 13.8 Å². The van der Waals surface area contributed by atoms with E-state index in [9.17, 15) is 9.59 Å². The van der Waals surface area contributed by atoms with Crippen LogP contribution in [-0.2, 0) is 25.5 Å². The fraction of sp³-hybridized carbons (Fsp3) is 0.774. The molecule has 0 saturated heterocycles. The second kappa shape index (κ2) is 20.3. The van der Waals surface area contributed by atoms with Crippen molar-refractivity contribution in [3.05, 3.63) is 18.3 Å². The Labute approximate surface area is 240 Å². The van der Waals surface area contributed by atoms with E-state index >= 15 is 0 Å². The van der Waals surface area contributed by atoms with Gasteiger partial charge in [0.15, 0.2) is 5.65 Å². The van der Waals surface area contributed by atoms with E-state index in [1.54, 1.807) is 12.5 Å². The lowest BCUT2D eigenvalue weighted by Gasteiger charge is -2.19. The van der Waals surface area contributed by atoms with Crippen molar-refractivity contribution < 1.29 is 19.1 Å². The Morgan fingerprint density at radius 2 is 1.52 bits per heavy atom. The third-order valence-electron chi connectivity index (χ3n) is 7.42. The van der Waals surface area contributed by atoms with Crippen LogP contribution in [0.25, 0.3) is 11.2 Å². The SMILES string of the molecule is CCCCCCCCCCCCCCCC(=O)OCCC(COC(=O)[C@@H](N)C(C)C)Cc1ncc2[nH]cnc2n1. The van der Waals surface area contributed by atoms with E-state index in [0.717, 1.165) is 18.4 Å². The van der Waals surface area contributed by atoms with Gasteiger partial charge in [0, 0.05) is 18.8 Å². The summed E-state index contributed by atoms with van der Waals surface area (Å²) in [5.74, 6) is -0.115. The average molecular weight is 560 g/mol. The van der Waals surface area contributed by atoms with Crippen molar-refractivity contribution >= 4 is 23.1 Å². The van der Waals surface area contributed by atoms with E-state index in [4.69, 9.17) is 15.2 Å². The quantitative estimate of drug-likeness (QED) is 0.117. The van der Waals surface area contributed by atoms with Crippen LogP contribution in [0.15, 0.2) is 12.5 Å². The first-order valence-corrected chi connectivity index (χ1v) is 15.6. The summed E-state index contributed by atoms with van der Waals surface area (Å²) in [6, 6.07) is -0.671. The van der Waals surface area contributed by atoms with Gasteiger partial charge in [-0.3, -0.25) is 9.59 Å². The Balaban J connectivity index is 1.62. The number of rotatable bonds is 23. The maximum Gasteiger partial charge on any atom is 0.323 e. The molecule has 0 spiro atoms. The van der Waals surface area contributed by atoms with Gasteiger partial charge in [0.2, 0.25) is 0 Å². The van der Waals surface area contributed by atoms with Crippen LogP contribution in [0.5, 0.6) is 0 Å². The molecule has 0 saturated carbocycles. The lowest BCUT2D eigenvalue weighted by atomic mass is 10.0. The number of aromatic amines is 1. The van der Waals surface area contributed by atoms with E-state index < -0.39 is 12.0 Å². The Morgan fingerprint density at radius 3 is 2.15 bits per heavy atom. The Morgan fingerprint density at radius 1 is 0.900 bits per heavy atom. The van der Waals surface area contributed by atoms with E-state index in [2.05, 4.69) is 26.9 Å². The largest absolute Gasteiger partial charge is 0.466 e. The first-order chi connectivity index (χ1) is 19.4. The molecular weight excluding hydrogens is 506 g/mol. The summed E-state index contributed by atoms with van der Waals surface area (Å²) in [6.45, 7) is 6.45. The third kappa shape index (κ3) is 14.2. The molecule has 0 aromatic carbocycles. The van der Waals surface area contributed by atoms with Crippen LogP contribution >= 0.6 is 0 Å². The van der Waals surface area contributed by atoms with Gasteiger partial charge in [0.1, 0.15) is 17.4 Å². The lowest BCUT2D eigenvalue weighted by Crippen LogP contribution is -2.38. The van der Waals surface area contributed by atoms with Crippen LogP contribution in [0, 0.1) is 11.8 Å². The molecule has 0 aliphatic carbocycles. The van der Waals surface area contributed by atoms with Gasteiger partial charge in [0.05, 0.1) is 25.7 Å². The number of nitrogens with one attached hydrogen (secondary N) is 1. The number of esters is 2. The van der Waals surface area contributed by atoms with Crippen LogP contribution in [0.2, 0.25) is 0 Å². The van der Waals surface area contributed by atoms with Crippen molar-refractivity contribution in [2.45, 2.75) is 130 Å². The number of nitrogens with zero attached hydrogens (tertiary/aromatic N) is 3. The molecule has 2 aromatic heterocycles. The second-order valence-corrected chi connectivity index (χ2v) is 11.4. The summed E-state index contributed by atoms with van der Waals surface area (Å²) in [5, 5.41) is 0. The van der Waals surface area contributed by atoms with Crippen LogP contribution in [0.1, 0.15) is 123 Å². The van der Waals surface area contributed by atoms with E-state index in [0.29, 0.717) is 30.7 Å². The molecule has 226 valence electrons. The zero-order chi connectivity index (χ0) is 29.0. The summed E-state index contributed by atoms with van der Waals surface area (Å²) in [7, 11) is 0. The van der Waals surface area contributed by atoms with Gasteiger partial charge in [-0.1, -0.05) is 97.8 Å². The standard InChI is InChI=1S/C31H53N5O4/c1-4-5-6-7-8-9-10-11-12-13-14-15-16-17-28(37)39-19-18-25(22-40-31(38)29(32)24(2)3)20-27-33-21-26-30(36-27)35-23-34-26/h21,23-25,29H,4-20,22,32H2,1-3H3,(H,33,34,35,36)/t25?,29-/m0/s1. The minimum absolute atomic E-state index is 0.0117. The molecule has 0 bridgehead atoms. The average Bonchev–Trinajstić information content (AvgIpc) is 3.41. The molecule has 2 aromatic rings. The van der Waals surface area contributed by atoms with Crippen molar-refractivity contribution in [1.82, 2.24) is 19.9 Å². The molecule has 2 atom stereocenters. The highest BCUT2D eigenvalue weighted by Gasteiger charge is 2.22. The predicted octanol–water partition coefficient (Wildman–Crippen LogP) is 6.45. The number of hydrogen-bond donors (Lipinski definition) is 2. The number of ether oxygens (including phenoxy) is 2. The van der Waals surface area contributed by atoms with Crippen LogP contribution < -0.4 is 5.73 Å². The Bertz CT molecular complexity index is 964. The van der Waals surface area contributed by atoms with E-state index in [-0.39, 0.29) is 31.0 Å². The molecule has 2 rings (SSSR count). The molecule has 0 aliphatic heterocycles. The number of fused-ring (bicyclic) bond motifs is 1. The smallest absolute Gasteiger partial charge is 0.323 e. The fourth-order valence-corrected chi connectivity index (χ4v) is 4.64. The number of aromatic nitrogens is 4. The van der Waals surface area contributed by atoms with Crippen molar-refractivity contribution in [2.75, 3.05) is 13.2 Å². The monoisotopic (exact) mass is 559 g/mol. The summed E-state index contributed by atoms with van der Waals surface area (Å²) in [5.41, 5.74) is 7.28. The number of unbranched alkanes of at least 4 members (excludes halogenated alkanes) is 12. The minimum Gasteiger partial charge on any atom is -0.466 e. The van der Waals surface area contributed by atoms with Gasteiger partial charge in [-0.2, -0.15) is 0 Å². The minimum atomic E-state index is -0.671. The number of imidazole rings is 1. The molecular formula is C31H53N5O4. The maximum atomic E-state index is 12.3. The maximum absolute atomic E-state index is 12.3. The van der Waals surface area contributed by atoms with Gasteiger partial charge in [-0.25, -0.2) is 15.0 Å². The Kier molecular flexibility index (Phi) is 17.1. The topological polar surface area (TPSA) is 133 Å². The zero-order valence-corrected chi connectivity index (χ0v) is 25.2. The van der Waals surface area contributed by atoms with Crippen molar-refractivity contribution in [2.24, 2.45) is 17.6 Å². The molecule has 0 amide bonds. The van der Waals surface area contributed by atoms with Gasteiger partial charge >= 0.3 is 11.9 Å². The summed E-state index contributed by atoms with van der Waals surface area (Å²) >= 11 is 0. The summed E-state index contributed by atoms with van der Waals surface area (Å²) in [4.78, 5) is 40.6. The molecule has 40 heavy (non-hydrogen) atoms. The van der Waals surface area contributed by atoms with Crippen molar-refractivity contribution in [1.29, 1.82) is 0 Å². The van der Waals surface area contributed by atoms with Gasteiger partial charge in [0.25, 0.3) is 0 Å². The molecule has 0 fully saturated rings. The van der Waals surface area contributed by atoms with Gasteiger partial charge in [-0.15, -0.1) is 0 Å². The zero-order valence-electron chi connectivity index (χ0n) is 25.2. The fourth-order valence-electron chi connectivity index (χ4n) is 4.64. The predicted molar refractivity (Wildman–Crippen MR) is 159 cm³/mol. The molecule has 9 heteroatoms. The number of carbonyl (C=O) groups is 2. The first kappa shape index (κ1) is 33.7. The number of nitrogens with two attached hydrogens (primary N) is 1. The number of H-pyrrole nitrogens is 1. The van der Waals surface area contributed by atoms with Crippen LogP contribution in [0.4, 0.5) is 0 Å². The third-order valence-corrected chi connectivity index (χ3v) is 7.42. The van der Waals surface area contributed by atoms with Crippen molar-refractivity contribution in [3.8, 4) is 0 Å². The van der Waals surface area contributed by atoms with E-state index in [1.165, 1.54) is 70.6 Å². The molecule has 0 radical (unpaired) electrons. The van der Waals surface area contributed by atoms with Crippen LogP contribution in [0.3, 0.4) is 0 Å². The summed E-state index contributed by atoms with van der Waals surface area (Å²) < 4.78 is 11.0. The number of carbonyl (C=O) groups excluding carboxylic acids is 2. The van der Waals surface area contributed by atoms with Gasteiger partial charge < -0.3 is 20.2 Å². The van der Waals surface area contributed by atoms with Crippen LogP contribution in [-0.4, -0.2) is 51.1 Å². The molecule has 2 heterocycles. The highest BCUT2D eigenvalue weighted by Crippen LogP contribution is 2.16. The highest BCUT2D eigenvalue weighted by atomic mass is 16.5. The number of hydrogen-bond acceptors (Lipinski definition) is 8. The molecule has 1 unspecified atom stereocenters. The first-order valence-electron chi connectivity index (χ1n) is 15.6. The molecule has 3 N–H and O–H groups in total. The molecule has 9 nitrogen and oxygen atoms in total. The van der Waals surface area contributed by atoms with Gasteiger partial charge in [-0.05, 0) is 18.8 Å². The normalized spacial score (nSPS) is 13.0. The molecule has 0 aliphatic rings. The highest BCUT2D eigenvalue weighted by molar-refractivity contribution is 5.75. The lowest BCUT2D eigenvalue weighted by molar-refractivity contribution is -0.149.